The lowest BCUT2D eigenvalue weighted by Gasteiger charge is -2.37. The SMILES string of the molecule is CCC(CC)n1ccc(CC(NN)C2CSCCN2C)n1. The highest BCUT2D eigenvalue weighted by Gasteiger charge is 2.28. The molecule has 5 nitrogen and oxygen atoms in total. The second-order valence-electron chi connectivity index (χ2n) is 5.86. The number of aromatic nitrogens is 2. The quantitative estimate of drug-likeness (QED) is 0.592. The van der Waals surface area contributed by atoms with Crippen LogP contribution >= 0.6 is 11.8 Å². The topological polar surface area (TPSA) is 59.1 Å². The van der Waals surface area contributed by atoms with E-state index in [0.29, 0.717) is 12.1 Å². The molecular formula is C15H29N5S. The van der Waals surface area contributed by atoms with Crippen molar-refractivity contribution in [3.8, 4) is 0 Å². The van der Waals surface area contributed by atoms with Gasteiger partial charge in [-0.3, -0.25) is 16.0 Å². The molecule has 0 spiro atoms. The van der Waals surface area contributed by atoms with Gasteiger partial charge in [-0.05, 0) is 26.0 Å². The third kappa shape index (κ3) is 4.22. The van der Waals surface area contributed by atoms with Gasteiger partial charge in [-0.2, -0.15) is 16.9 Å². The van der Waals surface area contributed by atoms with Gasteiger partial charge >= 0.3 is 0 Å². The van der Waals surface area contributed by atoms with Crippen molar-refractivity contribution in [3.05, 3.63) is 18.0 Å². The highest BCUT2D eigenvalue weighted by molar-refractivity contribution is 7.99. The van der Waals surface area contributed by atoms with Crippen LogP contribution in [0.4, 0.5) is 0 Å². The Hall–Kier alpha value is -0.560. The number of nitrogens with one attached hydrogen (secondary N) is 1. The molecule has 1 fully saturated rings. The first-order valence-corrected chi connectivity index (χ1v) is 9.13. The van der Waals surface area contributed by atoms with Crippen LogP contribution < -0.4 is 11.3 Å². The first kappa shape index (κ1) is 16.8. The molecule has 3 N–H and O–H groups in total. The maximum absolute atomic E-state index is 5.81. The Morgan fingerprint density at radius 2 is 2.24 bits per heavy atom. The summed E-state index contributed by atoms with van der Waals surface area (Å²) in [7, 11) is 2.19. The largest absolute Gasteiger partial charge is 0.300 e. The van der Waals surface area contributed by atoms with Crippen molar-refractivity contribution in [2.45, 2.75) is 51.2 Å². The number of hydrogen-bond donors (Lipinski definition) is 2. The molecule has 1 aliphatic rings. The van der Waals surface area contributed by atoms with E-state index in [1.54, 1.807) is 0 Å². The van der Waals surface area contributed by atoms with Crippen LogP contribution in [0.25, 0.3) is 0 Å². The van der Waals surface area contributed by atoms with Gasteiger partial charge in [0.05, 0.1) is 11.7 Å². The van der Waals surface area contributed by atoms with E-state index in [4.69, 9.17) is 10.9 Å². The van der Waals surface area contributed by atoms with Crippen molar-refractivity contribution < 1.29 is 0 Å². The molecular weight excluding hydrogens is 282 g/mol. The molecule has 21 heavy (non-hydrogen) atoms. The van der Waals surface area contributed by atoms with E-state index in [2.05, 4.69) is 48.2 Å². The van der Waals surface area contributed by atoms with Crippen LogP contribution in [-0.4, -0.2) is 51.9 Å². The Labute approximate surface area is 132 Å². The summed E-state index contributed by atoms with van der Waals surface area (Å²) >= 11 is 2.02. The Morgan fingerprint density at radius 1 is 1.48 bits per heavy atom. The van der Waals surface area contributed by atoms with Gasteiger partial charge in [-0.1, -0.05) is 13.8 Å². The van der Waals surface area contributed by atoms with Crippen molar-refractivity contribution in [2.24, 2.45) is 5.84 Å². The zero-order valence-electron chi connectivity index (χ0n) is 13.5. The molecule has 2 rings (SSSR count). The average Bonchev–Trinajstić information content (AvgIpc) is 2.95. The summed E-state index contributed by atoms with van der Waals surface area (Å²) in [5.41, 5.74) is 4.15. The molecule has 0 aromatic carbocycles. The van der Waals surface area contributed by atoms with E-state index in [1.165, 1.54) is 5.75 Å². The predicted molar refractivity (Wildman–Crippen MR) is 90.4 cm³/mol. The number of nitrogens with zero attached hydrogens (tertiary/aromatic N) is 3. The first-order chi connectivity index (χ1) is 10.2. The highest BCUT2D eigenvalue weighted by Crippen LogP contribution is 2.20. The molecule has 1 saturated heterocycles. The zero-order chi connectivity index (χ0) is 15.2. The predicted octanol–water partition coefficient (Wildman–Crippen LogP) is 1.67. The summed E-state index contributed by atoms with van der Waals surface area (Å²) in [6.45, 7) is 5.57. The number of hydrazine groups is 1. The fourth-order valence-corrected chi connectivity index (χ4v) is 4.32. The van der Waals surface area contributed by atoms with E-state index < -0.39 is 0 Å². The molecule has 1 aromatic heterocycles. The van der Waals surface area contributed by atoms with Crippen molar-refractivity contribution >= 4 is 11.8 Å². The molecule has 1 aromatic rings. The minimum absolute atomic E-state index is 0.257. The summed E-state index contributed by atoms with van der Waals surface area (Å²) < 4.78 is 2.11. The number of likely N-dealkylation sites (N-methyl/N-ethyl adjacent to an activating group) is 1. The van der Waals surface area contributed by atoms with Gasteiger partial charge < -0.3 is 4.90 Å². The summed E-state index contributed by atoms with van der Waals surface area (Å²) in [4.78, 5) is 2.42. The fraction of sp³-hybridized carbons (Fsp3) is 0.800. The molecule has 2 heterocycles. The Kier molecular flexibility index (Phi) is 6.54. The standard InChI is InChI=1S/C15H29N5S/c1-4-13(5-2)20-7-6-12(18-20)10-14(17-16)15-11-21-9-8-19(15)3/h6-7,13-15,17H,4-5,8-11,16H2,1-3H3. The van der Waals surface area contributed by atoms with Crippen molar-refractivity contribution in [1.82, 2.24) is 20.1 Å². The normalized spacial score (nSPS) is 21.9. The van der Waals surface area contributed by atoms with Gasteiger partial charge in [0.15, 0.2) is 0 Å². The summed E-state index contributed by atoms with van der Waals surface area (Å²) in [5.74, 6) is 8.17. The van der Waals surface area contributed by atoms with E-state index in [1.807, 2.05) is 11.8 Å². The Bertz CT molecular complexity index is 418. The van der Waals surface area contributed by atoms with Crippen LogP contribution in [0, 0.1) is 0 Å². The highest BCUT2D eigenvalue weighted by atomic mass is 32.2. The molecule has 1 aliphatic heterocycles. The zero-order valence-corrected chi connectivity index (χ0v) is 14.3. The maximum atomic E-state index is 5.81. The molecule has 120 valence electrons. The Balaban J connectivity index is 2.01. The number of rotatable bonds is 7. The van der Waals surface area contributed by atoms with E-state index in [0.717, 1.165) is 37.3 Å². The molecule has 2 atom stereocenters. The van der Waals surface area contributed by atoms with Gasteiger partial charge in [0, 0.05) is 42.8 Å². The molecule has 0 saturated carbocycles. The van der Waals surface area contributed by atoms with Crippen molar-refractivity contribution in [1.29, 1.82) is 0 Å². The molecule has 0 amide bonds. The number of thioether (sulfide) groups is 1. The smallest absolute Gasteiger partial charge is 0.0641 e. The molecule has 0 aliphatic carbocycles. The van der Waals surface area contributed by atoms with Gasteiger partial charge in [-0.25, -0.2) is 0 Å². The van der Waals surface area contributed by atoms with E-state index in [9.17, 15) is 0 Å². The summed E-state index contributed by atoms with van der Waals surface area (Å²) in [6, 6.07) is 3.38. The van der Waals surface area contributed by atoms with Crippen LogP contribution in [0.1, 0.15) is 38.4 Å². The minimum atomic E-state index is 0.257. The van der Waals surface area contributed by atoms with Crippen LogP contribution in [-0.2, 0) is 6.42 Å². The van der Waals surface area contributed by atoms with Gasteiger partial charge in [0.1, 0.15) is 0 Å². The van der Waals surface area contributed by atoms with Crippen LogP contribution in [0.3, 0.4) is 0 Å². The second kappa shape index (κ2) is 8.17. The van der Waals surface area contributed by atoms with Crippen molar-refractivity contribution in [2.75, 3.05) is 25.1 Å². The molecule has 2 unspecified atom stereocenters. The van der Waals surface area contributed by atoms with Crippen LogP contribution in [0.2, 0.25) is 0 Å². The minimum Gasteiger partial charge on any atom is -0.300 e. The molecule has 0 bridgehead atoms. The van der Waals surface area contributed by atoms with Gasteiger partial charge in [0.25, 0.3) is 0 Å². The maximum Gasteiger partial charge on any atom is 0.0641 e. The lowest BCUT2D eigenvalue weighted by atomic mass is 10.0. The lowest BCUT2D eigenvalue weighted by Crippen LogP contribution is -2.55. The van der Waals surface area contributed by atoms with Gasteiger partial charge in [0.2, 0.25) is 0 Å². The third-order valence-corrected chi connectivity index (χ3v) is 5.58. The van der Waals surface area contributed by atoms with Crippen molar-refractivity contribution in [3.63, 3.8) is 0 Å². The second-order valence-corrected chi connectivity index (χ2v) is 7.01. The fourth-order valence-electron chi connectivity index (χ4n) is 3.01. The summed E-state index contributed by atoms with van der Waals surface area (Å²) in [5, 5.41) is 4.76. The summed E-state index contributed by atoms with van der Waals surface area (Å²) in [6.07, 6.45) is 5.25. The average molecular weight is 311 g/mol. The van der Waals surface area contributed by atoms with Crippen LogP contribution in [0.15, 0.2) is 12.3 Å². The number of hydrogen-bond acceptors (Lipinski definition) is 5. The van der Waals surface area contributed by atoms with E-state index in [-0.39, 0.29) is 6.04 Å². The van der Waals surface area contributed by atoms with Gasteiger partial charge in [-0.15, -0.1) is 0 Å². The van der Waals surface area contributed by atoms with E-state index >= 15 is 0 Å². The molecule has 6 heteroatoms. The van der Waals surface area contributed by atoms with Crippen LogP contribution in [0.5, 0.6) is 0 Å². The monoisotopic (exact) mass is 311 g/mol. The Morgan fingerprint density at radius 3 is 2.86 bits per heavy atom. The third-order valence-electron chi connectivity index (χ3n) is 4.53. The molecule has 0 radical (unpaired) electrons. The first-order valence-electron chi connectivity index (χ1n) is 7.97. The number of nitrogens with two attached hydrogens (primary N) is 1. The lowest BCUT2D eigenvalue weighted by molar-refractivity contribution is 0.213.